The maximum atomic E-state index is 11.9. The van der Waals surface area contributed by atoms with Gasteiger partial charge < -0.3 is 9.84 Å². The lowest BCUT2D eigenvalue weighted by Gasteiger charge is -2.09. The molecule has 5 heteroatoms. The normalized spacial score (nSPS) is 12.5. The second-order valence-electron chi connectivity index (χ2n) is 3.33. The Bertz CT molecular complexity index is 366. The molecule has 1 unspecified atom stereocenters. The van der Waals surface area contributed by atoms with Crippen LogP contribution in [-0.4, -0.2) is 24.1 Å². The summed E-state index contributed by atoms with van der Waals surface area (Å²) in [6.45, 7) is 0.833. The minimum absolute atomic E-state index is 0.255. The van der Waals surface area contributed by atoms with Crippen LogP contribution in [0, 0.1) is 0 Å². The predicted molar refractivity (Wildman–Crippen MR) is 54.0 cm³/mol. The molecule has 0 aliphatic carbocycles. The molecule has 0 radical (unpaired) electrons. The fourth-order valence-electron chi connectivity index (χ4n) is 1.18. The molecule has 0 saturated carbocycles. The number of aliphatic carboxylic acids is 1. The van der Waals surface area contributed by atoms with Gasteiger partial charge >= 0.3 is 5.97 Å². The van der Waals surface area contributed by atoms with Crippen LogP contribution in [0.15, 0.2) is 24.3 Å². The van der Waals surface area contributed by atoms with Crippen LogP contribution in [0.1, 0.15) is 18.4 Å². The molecule has 0 aliphatic heterocycles. The van der Waals surface area contributed by atoms with Gasteiger partial charge in [-0.15, -0.1) is 0 Å². The average molecular weight is 230 g/mol. The van der Waals surface area contributed by atoms with E-state index in [1.165, 1.54) is 19.1 Å². The van der Waals surface area contributed by atoms with Crippen molar-refractivity contribution in [3.63, 3.8) is 0 Å². The van der Waals surface area contributed by atoms with Gasteiger partial charge in [0.25, 0.3) is 6.43 Å². The van der Waals surface area contributed by atoms with Crippen molar-refractivity contribution >= 4 is 5.97 Å². The number of alkyl halides is 2. The molecule has 0 heterocycles. The van der Waals surface area contributed by atoms with Crippen LogP contribution in [0.4, 0.5) is 8.78 Å². The van der Waals surface area contributed by atoms with Crippen LogP contribution in [0.5, 0.6) is 5.75 Å². The Balaban J connectivity index is 2.74. The van der Waals surface area contributed by atoms with E-state index < -0.39 is 24.9 Å². The third-order valence-corrected chi connectivity index (χ3v) is 2.10. The highest BCUT2D eigenvalue weighted by Crippen LogP contribution is 2.21. The van der Waals surface area contributed by atoms with Crippen LogP contribution >= 0.6 is 0 Å². The third-order valence-electron chi connectivity index (χ3n) is 2.10. The molecule has 0 amide bonds. The van der Waals surface area contributed by atoms with Crippen LogP contribution in [-0.2, 0) is 4.79 Å². The van der Waals surface area contributed by atoms with Gasteiger partial charge in [0.1, 0.15) is 12.4 Å². The van der Waals surface area contributed by atoms with E-state index in [9.17, 15) is 13.6 Å². The molecule has 0 aromatic heterocycles. The van der Waals surface area contributed by atoms with Crippen LogP contribution < -0.4 is 4.74 Å². The molecule has 1 aromatic rings. The summed E-state index contributed by atoms with van der Waals surface area (Å²) in [6, 6.07) is 6.17. The minimum Gasteiger partial charge on any atom is -0.488 e. The summed E-state index contributed by atoms with van der Waals surface area (Å²) in [5, 5.41) is 8.78. The Kier molecular flexibility index (Phi) is 4.22. The van der Waals surface area contributed by atoms with Gasteiger partial charge in [-0.25, -0.2) is 8.78 Å². The largest absolute Gasteiger partial charge is 0.488 e. The number of hydrogen-bond acceptors (Lipinski definition) is 2. The van der Waals surface area contributed by atoms with Gasteiger partial charge in [-0.3, -0.25) is 4.79 Å². The quantitative estimate of drug-likeness (QED) is 0.845. The zero-order valence-corrected chi connectivity index (χ0v) is 8.69. The molecule has 0 bridgehead atoms. The van der Waals surface area contributed by atoms with Gasteiger partial charge in [0.05, 0.1) is 5.92 Å². The van der Waals surface area contributed by atoms with Crippen LogP contribution in [0.3, 0.4) is 0 Å². The maximum Gasteiger partial charge on any atom is 0.310 e. The Hall–Kier alpha value is -1.65. The van der Waals surface area contributed by atoms with E-state index >= 15 is 0 Å². The molecule has 1 N–H and O–H groups in total. The number of halogens is 2. The molecule has 0 aliphatic rings. The zero-order valence-electron chi connectivity index (χ0n) is 8.69. The summed E-state index contributed by atoms with van der Waals surface area (Å²) in [5.74, 6) is -1.40. The van der Waals surface area contributed by atoms with Crippen molar-refractivity contribution in [1.29, 1.82) is 0 Å². The van der Waals surface area contributed by atoms with Crippen molar-refractivity contribution in [2.75, 3.05) is 6.61 Å². The number of carbonyl (C=O) groups is 1. The number of hydrogen-bond donors (Lipinski definition) is 1. The Morgan fingerprint density at radius 1 is 1.50 bits per heavy atom. The van der Waals surface area contributed by atoms with Gasteiger partial charge in [0.2, 0.25) is 0 Å². The molecule has 1 rings (SSSR count). The van der Waals surface area contributed by atoms with Crippen molar-refractivity contribution in [3.05, 3.63) is 29.8 Å². The fraction of sp³-hybridized carbons (Fsp3) is 0.364. The van der Waals surface area contributed by atoms with E-state index in [1.807, 2.05) is 0 Å². The lowest BCUT2D eigenvalue weighted by molar-refractivity contribution is -0.138. The summed E-state index contributed by atoms with van der Waals surface area (Å²) >= 11 is 0. The summed E-state index contributed by atoms with van der Waals surface area (Å²) in [4.78, 5) is 10.7. The molecule has 88 valence electrons. The van der Waals surface area contributed by atoms with Crippen molar-refractivity contribution in [3.8, 4) is 5.75 Å². The molecule has 0 saturated heterocycles. The molecule has 0 fully saturated rings. The Morgan fingerprint density at radius 2 is 2.19 bits per heavy atom. The van der Waals surface area contributed by atoms with Crippen molar-refractivity contribution < 1.29 is 23.4 Å². The van der Waals surface area contributed by atoms with E-state index in [0.717, 1.165) is 0 Å². The van der Waals surface area contributed by atoms with Gasteiger partial charge in [-0.2, -0.15) is 0 Å². The molecule has 0 spiro atoms. The number of rotatable bonds is 5. The van der Waals surface area contributed by atoms with Crippen LogP contribution in [0.25, 0.3) is 0 Å². The van der Waals surface area contributed by atoms with E-state index in [-0.39, 0.29) is 5.75 Å². The second kappa shape index (κ2) is 5.44. The van der Waals surface area contributed by atoms with Crippen LogP contribution in [0.2, 0.25) is 0 Å². The SMILES string of the molecule is CC(C(=O)O)c1cccc(OCC(F)F)c1. The number of ether oxygens (including phenoxy) is 1. The van der Waals surface area contributed by atoms with Crippen molar-refractivity contribution in [2.24, 2.45) is 0 Å². The third kappa shape index (κ3) is 3.49. The van der Waals surface area contributed by atoms with E-state index in [4.69, 9.17) is 9.84 Å². The lowest BCUT2D eigenvalue weighted by Crippen LogP contribution is -2.09. The highest BCUT2D eigenvalue weighted by molar-refractivity contribution is 5.75. The first-order valence-electron chi connectivity index (χ1n) is 4.74. The van der Waals surface area contributed by atoms with Gasteiger partial charge in [-0.1, -0.05) is 12.1 Å². The maximum absolute atomic E-state index is 11.9. The zero-order chi connectivity index (χ0) is 12.1. The average Bonchev–Trinajstić information content (AvgIpc) is 2.25. The monoisotopic (exact) mass is 230 g/mol. The van der Waals surface area contributed by atoms with E-state index in [1.54, 1.807) is 12.1 Å². The molecular weight excluding hydrogens is 218 g/mol. The molecular formula is C11H12F2O3. The summed E-state index contributed by atoms with van der Waals surface area (Å²) in [7, 11) is 0. The summed E-state index contributed by atoms with van der Waals surface area (Å²) in [6.07, 6.45) is -2.54. The van der Waals surface area contributed by atoms with E-state index in [2.05, 4.69) is 0 Å². The highest BCUT2D eigenvalue weighted by atomic mass is 19.3. The Labute approximate surface area is 91.7 Å². The minimum atomic E-state index is -2.54. The first-order chi connectivity index (χ1) is 7.50. The summed E-state index contributed by atoms with van der Waals surface area (Å²) in [5.41, 5.74) is 0.527. The fourth-order valence-corrected chi connectivity index (χ4v) is 1.18. The molecule has 16 heavy (non-hydrogen) atoms. The van der Waals surface area contributed by atoms with Gasteiger partial charge in [-0.05, 0) is 24.6 Å². The second-order valence-corrected chi connectivity index (χ2v) is 3.33. The predicted octanol–water partition coefficient (Wildman–Crippen LogP) is 2.52. The molecule has 3 nitrogen and oxygen atoms in total. The van der Waals surface area contributed by atoms with E-state index in [0.29, 0.717) is 5.56 Å². The number of carboxylic acid groups (broad SMARTS) is 1. The van der Waals surface area contributed by atoms with Gasteiger partial charge in [0, 0.05) is 0 Å². The van der Waals surface area contributed by atoms with Crippen molar-refractivity contribution in [2.45, 2.75) is 19.3 Å². The topological polar surface area (TPSA) is 46.5 Å². The highest BCUT2D eigenvalue weighted by Gasteiger charge is 2.14. The lowest BCUT2D eigenvalue weighted by atomic mass is 10.0. The number of benzene rings is 1. The van der Waals surface area contributed by atoms with Crippen molar-refractivity contribution in [1.82, 2.24) is 0 Å². The number of carboxylic acids is 1. The molecule has 1 atom stereocenters. The van der Waals surface area contributed by atoms with Gasteiger partial charge in [0.15, 0.2) is 0 Å². The Morgan fingerprint density at radius 3 is 2.75 bits per heavy atom. The first-order valence-corrected chi connectivity index (χ1v) is 4.74. The standard InChI is InChI=1S/C11H12F2O3/c1-7(11(14)15)8-3-2-4-9(5-8)16-6-10(12)13/h2-5,7,10H,6H2,1H3,(H,14,15). The first kappa shape index (κ1) is 12.4. The molecule has 1 aromatic carbocycles. The smallest absolute Gasteiger partial charge is 0.310 e. The summed E-state index contributed by atoms with van der Waals surface area (Å²) < 4.78 is 28.6.